The number of methoxy groups -OCH3 is 1. The van der Waals surface area contributed by atoms with Crippen LogP contribution in [0.1, 0.15) is 5.69 Å². The largest absolute Gasteiger partial charge is 0.496 e. The summed E-state index contributed by atoms with van der Waals surface area (Å²) in [7, 11) is 1.74. The molecule has 142 valence electrons. The number of ether oxygens (including phenoxy) is 1. The van der Waals surface area contributed by atoms with Gasteiger partial charge < -0.3 is 15.0 Å². The summed E-state index contributed by atoms with van der Waals surface area (Å²) in [5.41, 5.74) is 4.53. The molecular weight excluding hydrogens is 356 g/mol. The molecule has 3 nitrogen and oxygen atoms in total. The van der Waals surface area contributed by atoms with E-state index in [-0.39, 0.29) is 0 Å². The van der Waals surface area contributed by atoms with Gasteiger partial charge in [0.1, 0.15) is 5.75 Å². The molecule has 0 radical (unpaired) electrons. The maximum absolute atomic E-state index is 5.83. The molecule has 0 fully saturated rings. The van der Waals surface area contributed by atoms with Gasteiger partial charge in [0.25, 0.3) is 0 Å². The first-order chi connectivity index (χ1) is 14.3. The van der Waals surface area contributed by atoms with E-state index in [9.17, 15) is 0 Å². The van der Waals surface area contributed by atoms with Gasteiger partial charge in [-0.2, -0.15) is 0 Å². The minimum Gasteiger partial charge on any atom is -0.496 e. The van der Waals surface area contributed by atoms with E-state index in [4.69, 9.17) is 4.74 Å². The van der Waals surface area contributed by atoms with Crippen molar-refractivity contribution in [3.8, 4) is 16.9 Å². The van der Waals surface area contributed by atoms with Crippen molar-refractivity contribution in [2.45, 2.75) is 6.54 Å². The summed E-state index contributed by atoms with van der Waals surface area (Å²) in [6.07, 6.45) is 1.95. The normalized spacial score (nSPS) is 11.1. The van der Waals surface area contributed by atoms with E-state index >= 15 is 0 Å². The summed E-state index contributed by atoms with van der Waals surface area (Å²) in [4.78, 5) is 3.27. The Labute approximate surface area is 170 Å². The molecule has 29 heavy (non-hydrogen) atoms. The number of aromatic nitrogens is 1. The van der Waals surface area contributed by atoms with Crippen LogP contribution in [0.25, 0.3) is 32.7 Å². The monoisotopic (exact) mass is 378 g/mol. The average Bonchev–Trinajstić information content (AvgIpc) is 3.30. The van der Waals surface area contributed by atoms with E-state index < -0.39 is 0 Å². The summed E-state index contributed by atoms with van der Waals surface area (Å²) in [5, 5.41) is 8.44. The van der Waals surface area contributed by atoms with Gasteiger partial charge in [-0.05, 0) is 45.8 Å². The van der Waals surface area contributed by atoms with Crippen molar-refractivity contribution in [1.82, 2.24) is 4.98 Å². The lowest BCUT2D eigenvalue weighted by molar-refractivity contribution is 0.417. The predicted molar refractivity (Wildman–Crippen MR) is 122 cm³/mol. The minimum absolute atomic E-state index is 0.728. The van der Waals surface area contributed by atoms with Crippen LogP contribution in [0.3, 0.4) is 0 Å². The van der Waals surface area contributed by atoms with E-state index in [1.54, 1.807) is 7.11 Å². The Morgan fingerprint density at radius 3 is 2.10 bits per heavy atom. The Kier molecular flexibility index (Phi) is 4.41. The first kappa shape index (κ1) is 17.4. The van der Waals surface area contributed by atoms with E-state index in [0.29, 0.717) is 0 Å². The molecule has 0 unspecified atom stereocenters. The van der Waals surface area contributed by atoms with Gasteiger partial charge in [0.15, 0.2) is 0 Å². The highest BCUT2D eigenvalue weighted by Crippen LogP contribution is 2.44. The highest BCUT2D eigenvalue weighted by Gasteiger charge is 2.17. The Morgan fingerprint density at radius 1 is 0.724 bits per heavy atom. The van der Waals surface area contributed by atoms with Gasteiger partial charge in [0.2, 0.25) is 0 Å². The highest BCUT2D eigenvalue weighted by molar-refractivity contribution is 6.11. The molecule has 2 N–H and O–H groups in total. The van der Waals surface area contributed by atoms with Gasteiger partial charge >= 0.3 is 0 Å². The standard InChI is InChI=1S/C26H22N2O/c1-29-24-15-13-19-8-3-5-11-22(19)26(24)25-21-10-4-2-7-18(21)12-14-23(25)28-17-20-9-6-16-27-20/h2-16,27-28H,17H2,1H3. The summed E-state index contributed by atoms with van der Waals surface area (Å²) >= 11 is 0. The highest BCUT2D eigenvalue weighted by atomic mass is 16.5. The van der Waals surface area contributed by atoms with E-state index in [1.807, 2.05) is 12.3 Å². The topological polar surface area (TPSA) is 37.0 Å². The first-order valence-corrected chi connectivity index (χ1v) is 9.79. The van der Waals surface area contributed by atoms with Crippen LogP contribution in [0.5, 0.6) is 5.75 Å². The number of nitrogens with one attached hydrogen (secondary N) is 2. The first-order valence-electron chi connectivity index (χ1n) is 9.79. The van der Waals surface area contributed by atoms with Crippen LogP contribution in [0, 0.1) is 0 Å². The summed E-state index contributed by atoms with van der Waals surface area (Å²) in [6, 6.07) is 29.6. The molecule has 0 aliphatic rings. The van der Waals surface area contributed by atoms with Crippen molar-refractivity contribution in [2.24, 2.45) is 0 Å². The second-order valence-corrected chi connectivity index (χ2v) is 7.12. The van der Waals surface area contributed by atoms with Gasteiger partial charge in [-0.3, -0.25) is 0 Å². The maximum atomic E-state index is 5.83. The number of H-pyrrole nitrogens is 1. The third kappa shape index (κ3) is 3.11. The van der Waals surface area contributed by atoms with Gasteiger partial charge in [-0.25, -0.2) is 0 Å². The molecule has 0 aliphatic heterocycles. The van der Waals surface area contributed by atoms with Crippen molar-refractivity contribution >= 4 is 27.2 Å². The lowest BCUT2D eigenvalue weighted by Gasteiger charge is -2.19. The molecule has 0 amide bonds. The molecule has 0 aliphatic carbocycles. The molecule has 3 heteroatoms. The van der Waals surface area contributed by atoms with E-state index in [0.717, 1.165) is 29.2 Å². The van der Waals surface area contributed by atoms with Crippen molar-refractivity contribution in [2.75, 3.05) is 12.4 Å². The van der Waals surface area contributed by atoms with E-state index in [1.165, 1.54) is 27.1 Å². The van der Waals surface area contributed by atoms with Crippen molar-refractivity contribution in [3.05, 3.63) is 96.8 Å². The maximum Gasteiger partial charge on any atom is 0.127 e. The Morgan fingerprint density at radius 2 is 1.41 bits per heavy atom. The van der Waals surface area contributed by atoms with Crippen molar-refractivity contribution in [1.29, 1.82) is 0 Å². The molecule has 0 spiro atoms. The van der Waals surface area contributed by atoms with Crippen LogP contribution < -0.4 is 10.1 Å². The molecule has 5 rings (SSSR count). The Balaban J connectivity index is 1.79. The number of aromatic amines is 1. The average molecular weight is 378 g/mol. The molecule has 5 aromatic rings. The molecule has 1 aromatic heterocycles. The molecule has 4 aromatic carbocycles. The SMILES string of the molecule is COc1ccc2ccccc2c1-c1c(NCc2ccc[nH]2)ccc2ccccc12. The van der Waals surface area contributed by atoms with E-state index in [2.05, 4.69) is 89.2 Å². The molecule has 0 bridgehead atoms. The van der Waals surface area contributed by atoms with Gasteiger partial charge in [-0.15, -0.1) is 0 Å². The number of anilines is 1. The molecular formula is C26H22N2O. The zero-order chi connectivity index (χ0) is 19.6. The zero-order valence-corrected chi connectivity index (χ0v) is 16.3. The van der Waals surface area contributed by atoms with Crippen LogP contribution in [0.4, 0.5) is 5.69 Å². The Hall–Kier alpha value is -3.72. The number of benzene rings is 4. The van der Waals surface area contributed by atoms with Crippen LogP contribution in [-0.2, 0) is 6.54 Å². The van der Waals surface area contributed by atoms with Crippen molar-refractivity contribution < 1.29 is 4.74 Å². The lowest BCUT2D eigenvalue weighted by atomic mass is 9.91. The van der Waals surface area contributed by atoms with Gasteiger partial charge in [-0.1, -0.05) is 60.7 Å². The van der Waals surface area contributed by atoms with Crippen LogP contribution in [0.15, 0.2) is 91.1 Å². The summed E-state index contributed by atoms with van der Waals surface area (Å²) in [6.45, 7) is 0.728. The van der Waals surface area contributed by atoms with Crippen LogP contribution in [-0.4, -0.2) is 12.1 Å². The van der Waals surface area contributed by atoms with Crippen LogP contribution in [0.2, 0.25) is 0 Å². The van der Waals surface area contributed by atoms with Gasteiger partial charge in [0, 0.05) is 28.7 Å². The third-order valence-corrected chi connectivity index (χ3v) is 5.42. The summed E-state index contributed by atoms with van der Waals surface area (Å²) < 4.78 is 5.83. The number of hydrogen-bond acceptors (Lipinski definition) is 2. The number of fused-ring (bicyclic) bond motifs is 2. The quantitative estimate of drug-likeness (QED) is 0.361. The van der Waals surface area contributed by atoms with Crippen LogP contribution >= 0.6 is 0 Å². The number of hydrogen-bond donors (Lipinski definition) is 2. The second kappa shape index (κ2) is 7.36. The zero-order valence-electron chi connectivity index (χ0n) is 16.3. The molecule has 0 atom stereocenters. The molecule has 1 heterocycles. The second-order valence-electron chi connectivity index (χ2n) is 7.12. The fourth-order valence-corrected chi connectivity index (χ4v) is 4.04. The molecule has 0 saturated heterocycles. The fraction of sp³-hybridized carbons (Fsp3) is 0.0769. The third-order valence-electron chi connectivity index (χ3n) is 5.42. The van der Waals surface area contributed by atoms with Crippen molar-refractivity contribution in [3.63, 3.8) is 0 Å². The Bertz CT molecular complexity index is 1290. The smallest absolute Gasteiger partial charge is 0.127 e. The summed E-state index contributed by atoms with van der Waals surface area (Å²) in [5.74, 6) is 0.878. The molecule has 0 saturated carbocycles. The predicted octanol–water partition coefficient (Wildman–Crippen LogP) is 6.61. The fourth-order valence-electron chi connectivity index (χ4n) is 4.04. The minimum atomic E-state index is 0.728. The number of rotatable bonds is 5. The lowest BCUT2D eigenvalue weighted by Crippen LogP contribution is -2.02. The van der Waals surface area contributed by atoms with Gasteiger partial charge in [0.05, 0.1) is 13.7 Å².